The monoisotopic (exact) mass is 443 g/mol. The predicted molar refractivity (Wildman–Crippen MR) is 124 cm³/mol. The smallest absolute Gasteiger partial charge is 0.327 e. The van der Waals surface area contributed by atoms with Crippen molar-refractivity contribution in [2.45, 2.75) is 70.9 Å². The zero-order chi connectivity index (χ0) is 22.7. The van der Waals surface area contributed by atoms with E-state index < -0.39 is 0 Å². The number of carbonyl (C=O) groups is 2. The molecule has 3 fully saturated rings. The van der Waals surface area contributed by atoms with Gasteiger partial charge in [0.05, 0.1) is 6.61 Å². The number of carbonyl (C=O) groups excluding carboxylic acids is 2. The van der Waals surface area contributed by atoms with Crippen LogP contribution < -0.4 is 15.0 Å². The van der Waals surface area contributed by atoms with Gasteiger partial charge in [-0.3, -0.25) is 19.9 Å². The molecule has 3 heterocycles. The fourth-order valence-corrected chi connectivity index (χ4v) is 5.16. The molecule has 176 valence electrons. The Bertz CT molecular complexity index is 801. The summed E-state index contributed by atoms with van der Waals surface area (Å²) >= 11 is 0. The molecule has 3 aliphatic heterocycles. The van der Waals surface area contributed by atoms with Crippen LogP contribution in [-0.4, -0.2) is 78.4 Å². The van der Waals surface area contributed by atoms with E-state index in [0.717, 1.165) is 50.2 Å². The van der Waals surface area contributed by atoms with Crippen molar-refractivity contribution in [3.63, 3.8) is 0 Å². The van der Waals surface area contributed by atoms with E-state index in [0.29, 0.717) is 13.2 Å². The quantitative estimate of drug-likeness (QED) is 0.592. The van der Waals surface area contributed by atoms with Crippen LogP contribution in [0.4, 0.5) is 10.5 Å². The number of hydrogen-bond acceptors (Lipinski definition) is 6. The lowest BCUT2D eigenvalue weighted by Gasteiger charge is -2.44. The molecular formula is C24H37N5O3. The summed E-state index contributed by atoms with van der Waals surface area (Å²) < 4.78 is 5.58. The lowest BCUT2D eigenvalue weighted by molar-refractivity contribution is -0.138. The maximum absolute atomic E-state index is 13.5. The molecule has 0 radical (unpaired) electrons. The standard InChI is InChI=1S/C24H37N5O3/c1-4-6-7-8-9-15-29-22(30)20-21(26(3)24(29)31)25-23-27(16-10-17-28(20)23)18-11-13-19(14-12-18)32-5-2/h11-14,20-21,23,25H,4-10,15-17H2,1-3H3. The molecule has 8 nitrogen and oxygen atoms in total. The molecule has 3 atom stereocenters. The van der Waals surface area contributed by atoms with Crippen molar-refractivity contribution in [1.29, 1.82) is 0 Å². The third kappa shape index (κ3) is 4.30. The van der Waals surface area contributed by atoms with Crippen molar-refractivity contribution in [1.82, 2.24) is 20.0 Å². The number of ether oxygens (including phenoxy) is 1. The Morgan fingerprint density at radius 1 is 1.03 bits per heavy atom. The number of amides is 3. The number of benzene rings is 1. The Hall–Kier alpha value is -2.32. The summed E-state index contributed by atoms with van der Waals surface area (Å²) in [4.78, 5) is 34.2. The average molecular weight is 444 g/mol. The number of hydrogen-bond donors (Lipinski definition) is 1. The summed E-state index contributed by atoms with van der Waals surface area (Å²) in [6, 6.07) is 7.58. The Kier molecular flexibility index (Phi) is 7.20. The highest BCUT2D eigenvalue weighted by Crippen LogP contribution is 2.33. The molecular weight excluding hydrogens is 406 g/mol. The van der Waals surface area contributed by atoms with E-state index >= 15 is 0 Å². The first-order chi connectivity index (χ1) is 15.6. The third-order valence-electron chi connectivity index (χ3n) is 6.83. The van der Waals surface area contributed by atoms with E-state index in [4.69, 9.17) is 4.74 Å². The molecule has 0 aromatic heterocycles. The molecule has 32 heavy (non-hydrogen) atoms. The van der Waals surface area contributed by atoms with E-state index in [1.54, 1.807) is 4.90 Å². The lowest BCUT2D eigenvalue weighted by atomic mass is 10.1. The normalized spacial score (nSPS) is 25.8. The van der Waals surface area contributed by atoms with E-state index in [9.17, 15) is 9.59 Å². The van der Waals surface area contributed by atoms with Gasteiger partial charge in [-0.15, -0.1) is 0 Å². The van der Waals surface area contributed by atoms with Crippen LogP contribution in [0.15, 0.2) is 24.3 Å². The number of fused-ring (bicyclic) bond motifs is 3. The first-order valence-corrected chi connectivity index (χ1v) is 12.2. The summed E-state index contributed by atoms with van der Waals surface area (Å²) in [6.07, 6.45) is 6.02. The van der Waals surface area contributed by atoms with Gasteiger partial charge < -0.3 is 14.5 Å². The Morgan fingerprint density at radius 3 is 2.50 bits per heavy atom. The van der Waals surface area contributed by atoms with Crippen LogP contribution in [-0.2, 0) is 4.79 Å². The first kappa shape index (κ1) is 22.9. The second kappa shape index (κ2) is 10.1. The fraction of sp³-hybridized carbons (Fsp3) is 0.667. The number of unbranched alkanes of at least 4 members (excludes halogenated alkanes) is 4. The van der Waals surface area contributed by atoms with Crippen LogP contribution in [0.1, 0.15) is 52.4 Å². The van der Waals surface area contributed by atoms with Gasteiger partial charge in [0, 0.05) is 32.4 Å². The van der Waals surface area contributed by atoms with Crippen LogP contribution in [0.5, 0.6) is 5.75 Å². The molecule has 0 bridgehead atoms. The van der Waals surface area contributed by atoms with Gasteiger partial charge in [0.25, 0.3) is 5.91 Å². The Morgan fingerprint density at radius 2 is 1.78 bits per heavy atom. The molecule has 4 rings (SSSR count). The summed E-state index contributed by atoms with van der Waals surface area (Å²) in [5.41, 5.74) is 1.09. The van der Waals surface area contributed by atoms with Crippen molar-refractivity contribution in [2.24, 2.45) is 0 Å². The minimum Gasteiger partial charge on any atom is -0.494 e. The van der Waals surface area contributed by atoms with Gasteiger partial charge in [-0.25, -0.2) is 4.79 Å². The zero-order valence-corrected chi connectivity index (χ0v) is 19.6. The lowest BCUT2D eigenvalue weighted by Crippen LogP contribution is -2.66. The van der Waals surface area contributed by atoms with E-state index in [1.807, 2.05) is 26.1 Å². The molecule has 1 aromatic carbocycles. The number of nitrogens with one attached hydrogen (secondary N) is 1. The molecule has 1 N–H and O–H groups in total. The first-order valence-electron chi connectivity index (χ1n) is 12.2. The van der Waals surface area contributed by atoms with Crippen molar-refractivity contribution < 1.29 is 14.3 Å². The van der Waals surface area contributed by atoms with E-state index in [2.05, 4.69) is 34.2 Å². The molecule has 0 aliphatic carbocycles. The van der Waals surface area contributed by atoms with Gasteiger partial charge in [0.1, 0.15) is 24.2 Å². The second-order valence-corrected chi connectivity index (χ2v) is 8.94. The van der Waals surface area contributed by atoms with Crippen molar-refractivity contribution in [2.75, 3.05) is 38.2 Å². The van der Waals surface area contributed by atoms with Crippen molar-refractivity contribution in [3.8, 4) is 5.75 Å². The maximum Gasteiger partial charge on any atom is 0.327 e. The largest absolute Gasteiger partial charge is 0.494 e. The number of likely N-dealkylation sites (N-methyl/N-ethyl adjacent to an activating group) is 1. The van der Waals surface area contributed by atoms with E-state index in [-0.39, 0.29) is 30.4 Å². The minimum absolute atomic E-state index is 0.0582. The summed E-state index contributed by atoms with van der Waals surface area (Å²) in [6.45, 7) is 7.05. The SMILES string of the molecule is CCCCCCCN1C(=O)C2C(NC3N(c4ccc(OCC)cc4)CCCN23)N(C)C1=O. The second-order valence-electron chi connectivity index (χ2n) is 8.94. The van der Waals surface area contributed by atoms with Gasteiger partial charge >= 0.3 is 6.03 Å². The van der Waals surface area contributed by atoms with Crippen LogP contribution >= 0.6 is 0 Å². The topological polar surface area (TPSA) is 68.4 Å². The van der Waals surface area contributed by atoms with E-state index in [1.165, 1.54) is 17.7 Å². The Balaban J connectivity index is 1.48. The van der Waals surface area contributed by atoms with Gasteiger partial charge in [0.2, 0.25) is 0 Å². The highest BCUT2D eigenvalue weighted by molar-refractivity contribution is 6.00. The van der Waals surface area contributed by atoms with Gasteiger partial charge in [-0.05, 0) is 44.0 Å². The molecule has 3 saturated heterocycles. The van der Waals surface area contributed by atoms with Crippen LogP contribution in [0.25, 0.3) is 0 Å². The fourth-order valence-electron chi connectivity index (χ4n) is 5.16. The van der Waals surface area contributed by atoms with Gasteiger partial charge in [-0.1, -0.05) is 32.6 Å². The number of anilines is 1. The van der Waals surface area contributed by atoms with Crippen LogP contribution in [0.2, 0.25) is 0 Å². The van der Waals surface area contributed by atoms with Crippen LogP contribution in [0, 0.1) is 0 Å². The highest BCUT2D eigenvalue weighted by atomic mass is 16.5. The Labute approximate surface area is 191 Å². The van der Waals surface area contributed by atoms with Crippen molar-refractivity contribution in [3.05, 3.63) is 24.3 Å². The molecule has 8 heteroatoms. The summed E-state index contributed by atoms with van der Waals surface area (Å²) in [5, 5.41) is 3.58. The molecule has 0 spiro atoms. The van der Waals surface area contributed by atoms with Gasteiger partial charge in [-0.2, -0.15) is 0 Å². The minimum atomic E-state index is -0.344. The number of imide groups is 1. The molecule has 3 aliphatic rings. The zero-order valence-electron chi connectivity index (χ0n) is 19.6. The van der Waals surface area contributed by atoms with Gasteiger partial charge in [0.15, 0.2) is 0 Å². The molecule has 1 aromatic rings. The molecule has 3 amide bonds. The predicted octanol–water partition coefficient (Wildman–Crippen LogP) is 3.04. The number of nitrogens with zero attached hydrogens (tertiary/aromatic N) is 4. The number of rotatable bonds is 9. The molecule has 0 saturated carbocycles. The molecule has 3 unspecified atom stereocenters. The summed E-state index contributed by atoms with van der Waals surface area (Å²) in [7, 11) is 1.81. The van der Waals surface area contributed by atoms with Crippen molar-refractivity contribution >= 4 is 17.6 Å². The highest BCUT2D eigenvalue weighted by Gasteiger charge is 2.55. The summed E-state index contributed by atoms with van der Waals surface area (Å²) in [5.74, 6) is 0.797. The van der Waals surface area contributed by atoms with Crippen LogP contribution in [0.3, 0.4) is 0 Å². The number of urea groups is 1. The maximum atomic E-state index is 13.5. The average Bonchev–Trinajstić information content (AvgIpc) is 3.20. The third-order valence-corrected chi connectivity index (χ3v) is 6.83.